The zero-order valence-corrected chi connectivity index (χ0v) is 11.2. The number of nitrogens with one attached hydrogen (secondary N) is 1. The molecule has 18 heavy (non-hydrogen) atoms. The topological polar surface area (TPSA) is 60.2 Å². The fourth-order valence-corrected chi connectivity index (χ4v) is 1.66. The van der Waals surface area contributed by atoms with Crippen molar-refractivity contribution in [2.75, 3.05) is 12.4 Å². The number of methoxy groups -OCH3 is 1. The molecule has 96 valence electrons. The van der Waals surface area contributed by atoms with Gasteiger partial charge in [-0.3, -0.25) is 0 Å². The molecular formula is C12H14ClN3O2. The predicted octanol–water partition coefficient (Wildman–Crippen LogP) is 3.21. The first-order valence-electron chi connectivity index (χ1n) is 5.49. The molecule has 0 aromatic carbocycles. The highest BCUT2D eigenvalue weighted by Gasteiger charge is 2.13. The number of furan rings is 1. The minimum atomic E-state index is -0.0455. The van der Waals surface area contributed by atoms with E-state index < -0.39 is 0 Å². The van der Waals surface area contributed by atoms with Crippen molar-refractivity contribution >= 4 is 17.4 Å². The van der Waals surface area contributed by atoms with Gasteiger partial charge in [-0.2, -0.15) is 4.98 Å². The van der Waals surface area contributed by atoms with Crippen LogP contribution in [0.2, 0.25) is 5.02 Å². The standard InChI is InChI=1S/C12H14ClN3O2/c1-7-4-5-10(18-7)8(2)15-11-9(13)6-14-12(16-11)17-3/h4-6,8H,1-3H3,(H,14,15,16). The summed E-state index contributed by atoms with van der Waals surface area (Å²) in [4.78, 5) is 8.06. The molecule has 2 aromatic heterocycles. The molecule has 0 amide bonds. The van der Waals surface area contributed by atoms with E-state index in [1.807, 2.05) is 26.0 Å². The zero-order valence-electron chi connectivity index (χ0n) is 10.4. The number of hydrogen-bond acceptors (Lipinski definition) is 5. The van der Waals surface area contributed by atoms with Crippen LogP contribution in [0.3, 0.4) is 0 Å². The van der Waals surface area contributed by atoms with Crippen LogP contribution in [0.4, 0.5) is 5.82 Å². The molecule has 1 N–H and O–H groups in total. The van der Waals surface area contributed by atoms with Gasteiger partial charge in [0.25, 0.3) is 0 Å². The smallest absolute Gasteiger partial charge is 0.318 e. The van der Waals surface area contributed by atoms with Gasteiger partial charge in [-0.25, -0.2) is 4.98 Å². The van der Waals surface area contributed by atoms with E-state index in [-0.39, 0.29) is 12.1 Å². The number of hydrogen-bond donors (Lipinski definition) is 1. The Hall–Kier alpha value is -1.75. The normalized spacial score (nSPS) is 12.2. The molecular weight excluding hydrogens is 254 g/mol. The average molecular weight is 268 g/mol. The summed E-state index contributed by atoms with van der Waals surface area (Å²) in [5.41, 5.74) is 0. The van der Waals surface area contributed by atoms with E-state index in [2.05, 4.69) is 15.3 Å². The van der Waals surface area contributed by atoms with Crippen molar-refractivity contribution in [2.24, 2.45) is 0 Å². The second kappa shape index (κ2) is 5.27. The molecule has 0 bridgehead atoms. The molecule has 2 heterocycles. The maximum atomic E-state index is 6.02. The summed E-state index contributed by atoms with van der Waals surface area (Å²) in [7, 11) is 1.51. The van der Waals surface area contributed by atoms with E-state index in [1.54, 1.807) is 0 Å². The van der Waals surface area contributed by atoms with Crippen LogP contribution in [-0.4, -0.2) is 17.1 Å². The molecule has 0 radical (unpaired) electrons. The van der Waals surface area contributed by atoms with Gasteiger partial charge in [0.1, 0.15) is 16.5 Å². The minimum absolute atomic E-state index is 0.0455. The highest BCUT2D eigenvalue weighted by Crippen LogP contribution is 2.25. The van der Waals surface area contributed by atoms with Crippen molar-refractivity contribution in [1.82, 2.24) is 9.97 Å². The Morgan fingerprint density at radius 1 is 1.44 bits per heavy atom. The Kier molecular flexibility index (Phi) is 3.72. The maximum absolute atomic E-state index is 6.02. The van der Waals surface area contributed by atoms with Crippen molar-refractivity contribution in [2.45, 2.75) is 19.9 Å². The molecule has 5 nitrogen and oxygen atoms in total. The molecule has 0 aliphatic heterocycles. The van der Waals surface area contributed by atoms with Crippen molar-refractivity contribution < 1.29 is 9.15 Å². The second-order valence-corrected chi connectivity index (χ2v) is 4.27. The van der Waals surface area contributed by atoms with Crippen LogP contribution in [0.1, 0.15) is 24.5 Å². The summed E-state index contributed by atoms with van der Waals surface area (Å²) in [6.07, 6.45) is 1.50. The summed E-state index contributed by atoms with van der Waals surface area (Å²) in [6, 6.07) is 4.05. The highest BCUT2D eigenvalue weighted by molar-refractivity contribution is 6.32. The molecule has 2 rings (SSSR count). The quantitative estimate of drug-likeness (QED) is 0.922. The third-order valence-corrected chi connectivity index (χ3v) is 2.72. The van der Waals surface area contributed by atoms with Crippen LogP contribution in [0.15, 0.2) is 22.7 Å². The zero-order chi connectivity index (χ0) is 13.1. The first-order chi connectivity index (χ1) is 8.60. The molecule has 0 aliphatic carbocycles. The van der Waals surface area contributed by atoms with E-state index in [1.165, 1.54) is 13.3 Å². The predicted molar refractivity (Wildman–Crippen MR) is 69.1 cm³/mol. The molecule has 0 fully saturated rings. The molecule has 2 aromatic rings. The van der Waals surface area contributed by atoms with Gasteiger partial charge < -0.3 is 14.5 Å². The number of anilines is 1. The van der Waals surface area contributed by atoms with Gasteiger partial charge in [0.15, 0.2) is 5.82 Å². The Bertz CT molecular complexity index is 542. The van der Waals surface area contributed by atoms with Crippen LogP contribution in [0, 0.1) is 6.92 Å². The van der Waals surface area contributed by atoms with Crippen LogP contribution >= 0.6 is 11.6 Å². The van der Waals surface area contributed by atoms with Crippen molar-refractivity contribution in [3.63, 3.8) is 0 Å². The molecule has 0 saturated carbocycles. The summed E-state index contributed by atoms with van der Waals surface area (Å²) >= 11 is 6.02. The molecule has 1 atom stereocenters. The lowest BCUT2D eigenvalue weighted by Crippen LogP contribution is -2.08. The van der Waals surface area contributed by atoms with Crippen LogP contribution in [-0.2, 0) is 0 Å². The monoisotopic (exact) mass is 267 g/mol. The SMILES string of the molecule is COc1ncc(Cl)c(NC(C)c2ccc(C)o2)n1. The summed E-state index contributed by atoms with van der Waals surface area (Å²) in [6.45, 7) is 3.86. The fraction of sp³-hybridized carbons (Fsp3) is 0.333. The number of aromatic nitrogens is 2. The summed E-state index contributed by atoms with van der Waals surface area (Å²) in [5.74, 6) is 2.20. The summed E-state index contributed by atoms with van der Waals surface area (Å²) < 4.78 is 10.5. The Labute approximate surface area is 110 Å². The van der Waals surface area contributed by atoms with Crippen molar-refractivity contribution in [3.05, 3.63) is 34.9 Å². The Balaban J connectivity index is 2.18. The Morgan fingerprint density at radius 3 is 2.83 bits per heavy atom. The number of halogens is 1. The third-order valence-electron chi connectivity index (χ3n) is 2.45. The van der Waals surface area contributed by atoms with E-state index in [0.29, 0.717) is 10.8 Å². The Morgan fingerprint density at radius 2 is 2.22 bits per heavy atom. The lowest BCUT2D eigenvalue weighted by atomic mass is 10.2. The lowest BCUT2D eigenvalue weighted by molar-refractivity contribution is 0.380. The number of aryl methyl sites for hydroxylation is 1. The van der Waals surface area contributed by atoms with Crippen LogP contribution < -0.4 is 10.1 Å². The van der Waals surface area contributed by atoms with E-state index >= 15 is 0 Å². The number of ether oxygens (including phenoxy) is 1. The van der Waals surface area contributed by atoms with Gasteiger partial charge >= 0.3 is 6.01 Å². The molecule has 0 aliphatic rings. The third kappa shape index (κ3) is 2.73. The first kappa shape index (κ1) is 12.7. The second-order valence-electron chi connectivity index (χ2n) is 3.87. The summed E-state index contributed by atoms with van der Waals surface area (Å²) in [5, 5.41) is 3.59. The highest BCUT2D eigenvalue weighted by atomic mass is 35.5. The minimum Gasteiger partial charge on any atom is -0.467 e. The first-order valence-corrected chi connectivity index (χ1v) is 5.87. The van der Waals surface area contributed by atoms with E-state index in [9.17, 15) is 0 Å². The largest absolute Gasteiger partial charge is 0.467 e. The van der Waals surface area contributed by atoms with E-state index in [4.69, 9.17) is 20.8 Å². The molecule has 0 spiro atoms. The van der Waals surface area contributed by atoms with Crippen molar-refractivity contribution in [1.29, 1.82) is 0 Å². The van der Waals surface area contributed by atoms with Gasteiger partial charge in [-0.05, 0) is 26.0 Å². The van der Waals surface area contributed by atoms with Gasteiger partial charge in [-0.15, -0.1) is 0 Å². The van der Waals surface area contributed by atoms with Gasteiger partial charge in [0.05, 0.1) is 19.3 Å². The van der Waals surface area contributed by atoms with Crippen LogP contribution in [0.5, 0.6) is 6.01 Å². The fourth-order valence-electron chi connectivity index (χ4n) is 1.51. The number of nitrogens with zero attached hydrogens (tertiary/aromatic N) is 2. The molecule has 1 unspecified atom stereocenters. The van der Waals surface area contributed by atoms with Crippen LogP contribution in [0.25, 0.3) is 0 Å². The number of rotatable bonds is 4. The average Bonchev–Trinajstić information content (AvgIpc) is 2.79. The molecule has 6 heteroatoms. The molecule has 0 saturated heterocycles. The van der Waals surface area contributed by atoms with Gasteiger partial charge in [0.2, 0.25) is 0 Å². The van der Waals surface area contributed by atoms with Crippen molar-refractivity contribution in [3.8, 4) is 6.01 Å². The maximum Gasteiger partial charge on any atom is 0.318 e. The van der Waals surface area contributed by atoms with E-state index in [0.717, 1.165) is 11.5 Å². The lowest BCUT2D eigenvalue weighted by Gasteiger charge is -2.13. The van der Waals surface area contributed by atoms with Gasteiger partial charge in [-0.1, -0.05) is 11.6 Å². The van der Waals surface area contributed by atoms with Gasteiger partial charge in [0, 0.05) is 0 Å².